The highest BCUT2D eigenvalue weighted by molar-refractivity contribution is 7.91. The number of hydrogen-bond acceptors (Lipinski definition) is 9. The van der Waals surface area contributed by atoms with E-state index in [1.165, 1.54) is 23.5 Å². The van der Waals surface area contributed by atoms with Crippen LogP contribution in [0, 0.1) is 11.3 Å². The van der Waals surface area contributed by atoms with Gasteiger partial charge in [0.15, 0.2) is 26.5 Å². The number of aromatic nitrogens is 1. The minimum atomic E-state index is -3.40. The Morgan fingerprint density at radius 3 is 2.54 bits per heavy atom. The zero-order valence-corrected chi connectivity index (χ0v) is 21.3. The molecule has 188 valence electrons. The van der Waals surface area contributed by atoms with E-state index in [-0.39, 0.29) is 10.6 Å². The second-order valence-corrected chi connectivity index (χ2v) is 11.4. The summed E-state index contributed by atoms with van der Waals surface area (Å²) in [7, 11) is -3.40. The van der Waals surface area contributed by atoms with Gasteiger partial charge in [-0.15, -0.1) is 0 Å². The first kappa shape index (κ1) is 24.5. The fourth-order valence-electron chi connectivity index (χ4n) is 3.76. The largest absolute Gasteiger partial charge is 0.486 e. The number of amides is 1. The van der Waals surface area contributed by atoms with E-state index in [4.69, 9.17) is 19.5 Å². The summed E-state index contributed by atoms with van der Waals surface area (Å²) >= 11 is 1.28. The van der Waals surface area contributed by atoms with E-state index < -0.39 is 21.8 Å². The SMILES string of the molecule is CCS(=O)(=O)c1ccc(C(Oc2ccc(C#N)cc2)C(=O)Nc2nc3c4c(ccc3s2)OCCO4)cc1. The number of nitriles is 1. The molecule has 2 heterocycles. The molecule has 0 radical (unpaired) electrons. The molecule has 0 saturated heterocycles. The Hall–Kier alpha value is -4.14. The van der Waals surface area contributed by atoms with Crippen molar-refractivity contribution in [1.82, 2.24) is 4.98 Å². The number of anilines is 1. The van der Waals surface area contributed by atoms with Gasteiger partial charge >= 0.3 is 0 Å². The van der Waals surface area contributed by atoms with Crippen molar-refractivity contribution < 1.29 is 27.4 Å². The van der Waals surface area contributed by atoms with Crippen LogP contribution >= 0.6 is 11.3 Å². The molecule has 0 saturated carbocycles. The number of rotatable bonds is 7. The molecule has 1 N–H and O–H groups in total. The summed E-state index contributed by atoms with van der Waals surface area (Å²) in [6.07, 6.45) is -1.12. The van der Waals surface area contributed by atoms with Gasteiger partial charge in [-0.2, -0.15) is 5.26 Å². The maximum atomic E-state index is 13.4. The fourth-order valence-corrected chi connectivity index (χ4v) is 5.51. The molecule has 3 aromatic carbocycles. The summed E-state index contributed by atoms with van der Waals surface area (Å²) < 4.78 is 42.6. The van der Waals surface area contributed by atoms with Crippen molar-refractivity contribution in [3.8, 4) is 23.3 Å². The van der Waals surface area contributed by atoms with Crippen LogP contribution < -0.4 is 19.5 Å². The van der Waals surface area contributed by atoms with Crippen LogP contribution in [0.5, 0.6) is 17.2 Å². The van der Waals surface area contributed by atoms with Crippen molar-refractivity contribution in [2.45, 2.75) is 17.9 Å². The Kier molecular flexibility index (Phi) is 6.69. The maximum Gasteiger partial charge on any atom is 0.271 e. The number of sulfone groups is 1. The van der Waals surface area contributed by atoms with Crippen LogP contribution in [-0.4, -0.2) is 38.3 Å². The van der Waals surface area contributed by atoms with Crippen LogP contribution in [0.4, 0.5) is 5.13 Å². The monoisotopic (exact) mass is 535 g/mol. The van der Waals surface area contributed by atoms with Crippen molar-refractivity contribution in [2.24, 2.45) is 0 Å². The Morgan fingerprint density at radius 2 is 1.84 bits per heavy atom. The zero-order valence-electron chi connectivity index (χ0n) is 19.6. The first-order valence-corrected chi connectivity index (χ1v) is 13.8. The van der Waals surface area contributed by atoms with E-state index in [1.54, 1.807) is 43.3 Å². The molecule has 1 aromatic heterocycles. The highest BCUT2D eigenvalue weighted by atomic mass is 32.2. The van der Waals surface area contributed by atoms with Gasteiger partial charge in [-0.1, -0.05) is 30.4 Å². The van der Waals surface area contributed by atoms with E-state index in [0.717, 1.165) is 4.70 Å². The van der Waals surface area contributed by atoms with Crippen LogP contribution in [0.3, 0.4) is 0 Å². The third kappa shape index (κ3) is 5.07. The standard InChI is InChI=1S/C26H21N3O6S2/c1-2-37(31,32)19-9-5-17(6-10-19)23(35-18-7-3-16(15-27)4-8-18)25(30)29-26-28-22-21(36-26)12-11-20-24(22)34-14-13-33-20/h3-12,23H,2,13-14H2,1H3,(H,28,29,30). The number of fused-ring (bicyclic) bond motifs is 3. The van der Waals surface area contributed by atoms with Gasteiger partial charge < -0.3 is 14.2 Å². The molecule has 0 aliphatic carbocycles. The molecule has 11 heteroatoms. The van der Waals surface area contributed by atoms with Gasteiger partial charge in [-0.3, -0.25) is 10.1 Å². The number of nitrogens with one attached hydrogen (secondary N) is 1. The molecule has 0 bridgehead atoms. The lowest BCUT2D eigenvalue weighted by Gasteiger charge is -2.19. The number of nitrogens with zero attached hydrogens (tertiary/aromatic N) is 2. The van der Waals surface area contributed by atoms with E-state index in [0.29, 0.717) is 52.2 Å². The van der Waals surface area contributed by atoms with Crippen molar-refractivity contribution in [3.63, 3.8) is 0 Å². The lowest BCUT2D eigenvalue weighted by molar-refractivity contribution is -0.123. The van der Waals surface area contributed by atoms with E-state index in [1.807, 2.05) is 18.2 Å². The average Bonchev–Trinajstić information content (AvgIpc) is 3.35. The molecule has 0 fully saturated rings. The quantitative estimate of drug-likeness (QED) is 0.367. The third-order valence-electron chi connectivity index (χ3n) is 5.69. The second kappa shape index (κ2) is 10.1. The summed E-state index contributed by atoms with van der Waals surface area (Å²) in [5.41, 5.74) is 1.50. The molecule has 1 amide bonds. The van der Waals surface area contributed by atoms with Gasteiger partial charge in [0.05, 0.1) is 27.0 Å². The van der Waals surface area contributed by atoms with Gasteiger partial charge in [0.2, 0.25) is 6.10 Å². The summed E-state index contributed by atoms with van der Waals surface area (Å²) in [6, 6.07) is 18.1. The minimum Gasteiger partial charge on any atom is -0.486 e. The summed E-state index contributed by atoms with van der Waals surface area (Å²) in [5.74, 6) is 0.979. The van der Waals surface area contributed by atoms with Gasteiger partial charge in [-0.25, -0.2) is 13.4 Å². The van der Waals surface area contributed by atoms with Crippen molar-refractivity contribution in [3.05, 3.63) is 71.8 Å². The van der Waals surface area contributed by atoms with Crippen LogP contribution in [0.25, 0.3) is 10.2 Å². The molecule has 1 atom stereocenters. The summed E-state index contributed by atoms with van der Waals surface area (Å²) in [6.45, 7) is 2.44. The Morgan fingerprint density at radius 1 is 1.11 bits per heavy atom. The van der Waals surface area contributed by atoms with Gasteiger partial charge in [0.25, 0.3) is 5.91 Å². The Bertz CT molecular complexity index is 1610. The fraction of sp³-hybridized carbons (Fsp3) is 0.192. The highest BCUT2D eigenvalue weighted by Gasteiger charge is 2.26. The molecule has 9 nitrogen and oxygen atoms in total. The number of hydrogen-bond donors (Lipinski definition) is 1. The average molecular weight is 536 g/mol. The number of ether oxygens (including phenoxy) is 3. The van der Waals surface area contributed by atoms with Crippen LogP contribution in [0.1, 0.15) is 24.2 Å². The predicted molar refractivity (Wildman–Crippen MR) is 138 cm³/mol. The number of benzene rings is 3. The molecular formula is C26H21N3O6S2. The minimum absolute atomic E-state index is 0.0337. The van der Waals surface area contributed by atoms with Gasteiger partial charge in [0, 0.05) is 5.56 Å². The van der Waals surface area contributed by atoms with Crippen molar-refractivity contribution in [2.75, 3.05) is 24.3 Å². The van der Waals surface area contributed by atoms with E-state index in [2.05, 4.69) is 10.3 Å². The molecular weight excluding hydrogens is 514 g/mol. The number of carbonyl (C=O) groups excluding carboxylic acids is 1. The molecule has 1 aliphatic heterocycles. The van der Waals surface area contributed by atoms with Gasteiger partial charge in [0.1, 0.15) is 24.5 Å². The maximum absolute atomic E-state index is 13.4. The molecule has 1 unspecified atom stereocenters. The molecule has 37 heavy (non-hydrogen) atoms. The number of carbonyl (C=O) groups is 1. The van der Waals surface area contributed by atoms with Crippen molar-refractivity contribution >= 4 is 42.4 Å². The Balaban J connectivity index is 1.46. The lowest BCUT2D eigenvalue weighted by atomic mass is 10.1. The summed E-state index contributed by atoms with van der Waals surface area (Å²) in [4.78, 5) is 18.1. The van der Waals surface area contributed by atoms with Crippen LogP contribution in [0.15, 0.2) is 65.6 Å². The third-order valence-corrected chi connectivity index (χ3v) is 8.38. The second-order valence-electron chi connectivity index (χ2n) is 8.05. The molecule has 4 aromatic rings. The topological polar surface area (TPSA) is 128 Å². The molecule has 5 rings (SSSR count). The predicted octanol–water partition coefficient (Wildman–Crippen LogP) is 4.49. The molecule has 1 aliphatic rings. The van der Waals surface area contributed by atoms with E-state index >= 15 is 0 Å². The van der Waals surface area contributed by atoms with Crippen LogP contribution in [0.2, 0.25) is 0 Å². The Labute approximate surface area is 217 Å². The zero-order chi connectivity index (χ0) is 26.0. The normalized spacial score (nSPS) is 13.5. The van der Waals surface area contributed by atoms with Crippen LogP contribution in [-0.2, 0) is 14.6 Å². The first-order chi connectivity index (χ1) is 17.9. The summed E-state index contributed by atoms with van der Waals surface area (Å²) in [5, 5.41) is 12.2. The smallest absolute Gasteiger partial charge is 0.271 e. The molecule has 0 spiro atoms. The lowest BCUT2D eigenvalue weighted by Crippen LogP contribution is -2.25. The highest BCUT2D eigenvalue weighted by Crippen LogP contribution is 2.40. The van der Waals surface area contributed by atoms with Crippen molar-refractivity contribution in [1.29, 1.82) is 5.26 Å². The number of thiazole rings is 1. The van der Waals surface area contributed by atoms with E-state index in [9.17, 15) is 13.2 Å². The first-order valence-electron chi connectivity index (χ1n) is 11.4. The van der Waals surface area contributed by atoms with Gasteiger partial charge in [-0.05, 0) is 48.5 Å².